The number of hydrogen-bond acceptors (Lipinski definition) is 4. The SMILES string of the molecule is O=C1CCN(C(=O)c2ccccc2)CCCC(C(=O)NCCCN2CCCC2)CCN1. The normalized spacial score (nSPS) is 21.2. The number of likely N-dealkylation sites (tertiary alicyclic amines) is 1. The molecule has 0 aromatic heterocycles. The van der Waals surface area contributed by atoms with Gasteiger partial charge in [-0.3, -0.25) is 14.4 Å². The van der Waals surface area contributed by atoms with E-state index in [0.717, 1.165) is 19.4 Å². The van der Waals surface area contributed by atoms with E-state index < -0.39 is 0 Å². The summed E-state index contributed by atoms with van der Waals surface area (Å²) in [5.74, 6) is -0.206. The maximum atomic E-state index is 12.9. The van der Waals surface area contributed by atoms with Gasteiger partial charge in [-0.05, 0) is 70.3 Å². The average Bonchev–Trinajstić information content (AvgIpc) is 3.29. The van der Waals surface area contributed by atoms with Gasteiger partial charge in [-0.2, -0.15) is 0 Å². The number of benzene rings is 1. The van der Waals surface area contributed by atoms with Gasteiger partial charge in [0, 0.05) is 44.1 Å². The molecule has 2 saturated heterocycles. The molecule has 2 aliphatic heterocycles. The fourth-order valence-corrected chi connectivity index (χ4v) is 4.39. The molecule has 2 aliphatic rings. The van der Waals surface area contributed by atoms with Crippen molar-refractivity contribution in [1.29, 1.82) is 0 Å². The first-order chi connectivity index (χ1) is 15.1. The fraction of sp³-hybridized carbons (Fsp3) is 0.625. The highest BCUT2D eigenvalue weighted by Crippen LogP contribution is 2.15. The van der Waals surface area contributed by atoms with Crippen molar-refractivity contribution in [2.24, 2.45) is 5.92 Å². The molecule has 0 spiro atoms. The number of amides is 3. The Morgan fingerprint density at radius 1 is 1.00 bits per heavy atom. The lowest BCUT2D eigenvalue weighted by molar-refractivity contribution is -0.126. The van der Waals surface area contributed by atoms with Crippen molar-refractivity contribution in [2.45, 2.75) is 44.9 Å². The van der Waals surface area contributed by atoms with E-state index in [4.69, 9.17) is 0 Å². The molecule has 0 radical (unpaired) electrons. The zero-order valence-corrected chi connectivity index (χ0v) is 18.5. The van der Waals surface area contributed by atoms with E-state index in [0.29, 0.717) is 44.6 Å². The largest absolute Gasteiger partial charge is 0.356 e. The minimum atomic E-state index is -0.140. The summed E-state index contributed by atoms with van der Waals surface area (Å²) in [5, 5.41) is 5.99. The van der Waals surface area contributed by atoms with Gasteiger partial charge in [0.1, 0.15) is 0 Å². The van der Waals surface area contributed by atoms with Gasteiger partial charge in [-0.1, -0.05) is 18.2 Å². The topological polar surface area (TPSA) is 81.8 Å². The molecule has 3 rings (SSSR count). The number of carbonyl (C=O) groups is 3. The number of rotatable bonds is 6. The number of nitrogens with one attached hydrogen (secondary N) is 2. The second-order valence-electron chi connectivity index (χ2n) is 8.58. The van der Waals surface area contributed by atoms with E-state index in [1.54, 1.807) is 17.0 Å². The minimum absolute atomic E-state index is 0.0597. The second-order valence-corrected chi connectivity index (χ2v) is 8.58. The van der Waals surface area contributed by atoms with Crippen LogP contribution in [0.4, 0.5) is 0 Å². The van der Waals surface area contributed by atoms with Crippen molar-refractivity contribution in [3.05, 3.63) is 35.9 Å². The van der Waals surface area contributed by atoms with Crippen molar-refractivity contribution < 1.29 is 14.4 Å². The summed E-state index contributed by atoms with van der Waals surface area (Å²) >= 11 is 0. The highest BCUT2D eigenvalue weighted by molar-refractivity contribution is 5.94. The molecule has 0 aliphatic carbocycles. The van der Waals surface area contributed by atoms with Gasteiger partial charge in [0.05, 0.1) is 0 Å². The summed E-state index contributed by atoms with van der Waals surface area (Å²) in [6.45, 7) is 5.53. The molecule has 170 valence electrons. The van der Waals surface area contributed by atoms with E-state index in [2.05, 4.69) is 15.5 Å². The predicted octanol–water partition coefficient (Wildman–Crippen LogP) is 2.04. The van der Waals surface area contributed by atoms with Crippen LogP contribution in [0, 0.1) is 5.92 Å². The lowest BCUT2D eigenvalue weighted by Crippen LogP contribution is -2.35. The highest BCUT2D eigenvalue weighted by atomic mass is 16.2. The molecule has 0 saturated carbocycles. The summed E-state index contributed by atoms with van der Waals surface area (Å²) in [7, 11) is 0. The predicted molar refractivity (Wildman–Crippen MR) is 121 cm³/mol. The van der Waals surface area contributed by atoms with E-state index in [1.807, 2.05) is 18.2 Å². The third-order valence-electron chi connectivity index (χ3n) is 6.23. The van der Waals surface area contributed by atoms with Crippen LogP contribution in [0.1, 0.15) is 55.3 Å². The molecule has 1 atom stereocenters. The van der Waals surface area contributed by atoms with Gasteiger partial charge < -0.3 is 20.4 Å². The quantitative estimate of drug-likeness (QED) is 0.680. The molecule has 31 heavy (non-hydrogen) atoms. The van der Waals surface area contributed by atoms with Crippen molar-refractivity contribution in [1.82, 2.24) is 20.4 Å². The Bertz CT molecular complexity index is 719. The zero-order chi connectivity index (χ0) is 21.9. The molecule has 3 amide bonds. The van der Waals surface area contributed by atoms with Crippen LogP contribution in [-0.2, 0) is 9.59 Å². The van der Waals surface area contributed by atoms with Gasteiger partial charge in [-0.15, -0.1) is 0 Å². The summed E-state index contributed by atoms with van der Waals surface area (Å²) in [4.78, 5) is 42.0. The standard InChI is InChI=1S/C24H36N4O3/c29-22-12-19-28(24(31)21-8-2-1-3-9-21)18-6-10-20(11-14-25-22)23(30)26-13-7-17-27-15-4-5-16-27/h1-3,8-9,20H,4-7,10-19H2,(H,25,29)(H,26,30). The van der Waals surface area contributed by atoms with Crippen LogP contribution in [0.25, 0.3) is 0 Å². The molecule has 7 nitrogen and oxygen atoms in total. The average molecular weight is 429 g/mol. The van der Waals surface area contributed by atoms with E-state index in [-0.39, 0.29) is 30.1 Å². The van der Waals surface area contributed by atoms with E-state index >= 15 is 0 Å². The van der Waals surface area contributed by atoms with Crippen molar-refractivity contribution in [2.75, 3.05) is 45.8 Å². The monoisotopic (exact) mass is 428 g/mol. The minimum Gasteiger partial charge on any atom is -0.356 e. The Hall–Kier alpha value is -2.41. The van der Waals surface area contributed by atoms with Crippen LogP contribution in [-0.4, -0.2) is 73.3 Å². The number of nitrogens with zero attached hydrogens (tertiary/aromatic N) is 2. The van der Waals surface area contributed by atoms with Gasteiger partial charge in [0.25, 0.3) is 5.91 Å². The Kier molecular flexibility index (Phi) is 9.34. The summed E-state index contributed by atoms with van der Waals surface area (Å²) in [6, 6.07) is 9.16. The Morgan fingerprint density at radius 2 is 1.77 bits per heavy atom. The zero-order valence-electron chi connectivity index (χ0n) is 18.5. The molecule has 2 N–H and O–H groups in total. The Morgan fingerprint density at radius 3 is 2.55 bits per heavy atom. The molecular formula is C24H36N4O3. The third-order valence-corrected chi connectivity index (χ3v) is 6.23. The maximum absolute atomic E-state index is 12.9. The summed E-state index contributed by atoms with van der Waals surface area (Å²) in [5.41, 5.74) is 0.630. The first-order valence-electron chi connectivity index (χ1n) is 11.7. The molecule has 0 bridgehead atoms. The van der Waals surface area contributed by atoms with Crippen LogP contribution in [0.15, 0.2) is 30.3 Å². The van der Waals surface area contributed by atoms with Crippen LogP contribution in [0.2, 0.25) is 0 Å². The third kappa shape index (κ3) is 7.65. The fourth-order valence-electron chi connectivity index (χ4n) is 4.39. The highest BCUT2D eigenvalue weighted by Gasteiger charge is 2.22. The Labute approximate surface area is 185 Å². The van der Waals surface area contributed by atoms with Crippen LogP contribution < -0.4 is 10.6 Å². The molecule has 1 aromatic carbocycles. The molecule has 2 fully saturated rings. The molecular weight excluding hydrogens is 392 g/mol. The lowest BCUT2D eigenvalue weighted by Gasteiger charge is -2.23. The van der Waals surface area contributed by atoms with Gasteiger partial charge >= 0.3 is 0 Å². The van der Waals surface area contributed by atoms with E-state index in [1.165, 1.54) is 25.9 Å². The van der Waals surface area contributed by atoms with Crippen LogP contribution in [0.5, 0.6) is 0 Å². The first-order valence-corrected chi connectivity index (χ1v) is 11.7. The molecule has 2 heterocycles. The smallest absolute Gasteiger partial charge is 0.253 e. The lowest BCUT2D eigenvalue weighted by atomic mass is 9.98. The number of hydrogen-bond donors (Lipinski definition) is 2. The van der Waals surface area contributed by atoms with Crippen molar-refractivity contribution in [3.8, 4) is 0 Å². The first kappa shape index (κ1) is 23.3. The van der Waals surface area contributed by atoms with Crippen molar-refractivity contribution in [3.63, 3.8) is 0 Å². The van der Waals surface area contributed by atoms with Gasteiger partial charge in [-0.25, -0.2) is 0 Å². The Balaban J connectivity index is 1.50. The van der Waals surface area contributed by atoms with Crippen molar-refractivity contribution >= 4 is 17.7 Å². The van der Waals surface area contributed by atoms with Gasteiger partial charge in [0.15, 0.2) is 0 Å². The number of carbonyl (C=O) groups excluding carboxylic acids is 3. The van der Waals surface area contributed by atoms with E-state index in [9.17, 15) is 14.4 Å². The molecule has 7 heteroatoms. The molecule has 1 aromatic rings. The van der Waals surface area contributed by atoms with Crippen LogP contribution >= 0.6 is 0 Å². The summed E-state index contributed by atoms with van der Waals surface area (Å²) < 4.78 is 0. The summed E-state index contributed by atoms with van der Waals surface area (Å²) in [6.07, 6.45) is 5.91. The van der Waals surface area contributed by atoms with Crippen LogP contribution in [0.3, 0.4) is 0 Å². The second kappa shape index (κ2) is 12.4. The van der Waals surface area contributed by atoms with Gasteiger partial charge in [0.2, 0.25) is 11.8 Å². The molecule has 1 unspecified atom stereocenters. The maximum Gasteiger partial charge on any atom is 0.253 e.